The number of aromatic nitrogens is 1. The van der Waals surface area contributed by atoms with Crippen LogP contribution in [0.4, 0.5) is 5.82 Å². The van der Waals surface area contributed by atoms with Crippen LogP contribution in [0.2, 0.25) is 0 Å². The van der Waals surface area contributed by atoms with E-state index in [9.17, 15) is 10.0 Å². The standard InChI is InChI=1S/C12H17N2O3/c1-6(2)8-5-9(7(3)4)13-11(14-17)10(8)12(15)16/h5-7H,1-4H3,(H2-,13,14,15,16,17)/q-1. The Hall–Kier alpha value is -1.62. The summed E-state index contributed by atoms with van der Waals surface area (Å²) in [5, 5.41) is 20.0. The molecular formula is C12H17N2O3-. The monoisotopic (exact) mass is 237 g/mol. The number of carboxylic acid groups (broad SMARTS) is 1. The van der Waals surface area contributed by atoms with Gasteiger partial charge >= 0.3 is 5.97 Å². The fourth-order valence-corrected chi connectivity index (χ4v) is 1.64. The van der Waals surface area contributed by atoms with E-state index in [1.54, 1.807) is 11.5 Å². The molecule has 0 unspecified atom stereocenters. The summed E-state index contributed by atoms with van der Waals surface area (Å²) in [5.74, 6) is -1.07. The van der Waals surface area contributed by atoms with Crippen LogP contribution in [0, 0.1) is 5.21 Å². The first-order valence-corrected chi connectivity index (χ1v) is 5.54. The largest absolute Gasteiger partial charge is 0.760 e. The van der Waals surface area contributed by atoms with E-state index in [2.05, 4.69) is 4.98 Å². The molecule has 94 valence electrons. The van der Waals surface area contributed by atoms with E-state index < -0.39 is 5.97 Å². The number of carboxylic acids is 1. The molecule has 0 atom stereocenters. The smallest absolute Gasteiger partial charge is 0.339 e. The minimum Gasteiger partial charge on any atom is -0.760 e. The van der Waals surface area contributed by atoms with E-state index in [0.29, 0.717) is 5.56 Å². The van der Waals surface area contributed by atoms with E-state index in [1.165, 1.54) is 0 Å². The third kappa shape index (κ3) is 2.74. The van der Waals surface area contributed by atoms with E-state index in [-0.39, 0.29) is 23.2 Å². The maximum atomic E-state index is 11.2. The zero-order valence-electron chi connectivity index (χ0n) is 10.4. The van der Waals surface area contributed by atoms with Crippen molar-refractivity contribution in [3.63, 3.8) is 0 Å². The van der Waals surface area contributed by atoms with Gasteiger partial charge in [-0.25, -0.2) is 9.78 Å². The van der Waals surface area contributed by atoms with Crippen molar-refractivity contribution in [2.45, 2.75) is 39.5 Å². The molecule has 0 spiro atoms. The van der Waals surface area contributed by atoms with Crippen LogP contribution in [-0.2, 0) is 0 Å². The number of hydrogen-bond acceptors (Lipinski definition) is 4. The molecule has 0 bridgehead atoms. The molecule has 0 aliphatic heterocycles. The Morgan fingerprint density at radius 3 is 2.29 bits per heavy atom. The predicted octanol–water partition coefficient (Wildman–Crippen LogP) is 2.94. The van der Waals surface area contributed by atoms with Crippen molar-refractivity contribution in [3.8, 4) is 0 Å². The molecule has 1 rings (SSSR count). The van der Waals surface area contributed by atoms with Gasteiger partial charge in [0.25, 0.3) is 0 Å². The average Bonchev–Trinajstić information content (AvgIpc) is 2.26. The molecule has 2 N–H and O–H groups in total. The van der Waals surface area contributed by atoms with Crippen LogP contribution in [-0.4, -0.2) is 16.1 Å². The number of carbonyl (C=O) groups is 1. The summed E-state index contributed by atoms with van der Waals surface area (Å²) in [6, 6.07) is 1.76. The highest BCUT2D eigenvalue weighted by Gasteiger charge is 2.20. The first-order valence-electron chi connectivity index (χ1n) is 5.54. The highest BCUT2D eigenvalue weighted by Crippen LogP contribution is 2.28. The molecule has 1 aromatic heterocycles. The highest BCUT2D eigenvalue weighted by atomic mass is 16.5. The first kappa shape index (κ1) is 13.4. The maximum Gasteiger partial charge on any atom is 0.339 e. The molecule has 0 saturated heterocycles. The Balaban J connectivity index is 3.51. The minimum atomic E-state index is -1.13. The third-order valence-electron chi connectivity index (χ3n) is 2.59. The van der Waals surface area contributed by atoms with Crippen LogP contribution in [0.15, 0.2) is 6.07 Å². The molecule has 0 fully saturated rings. The van der Waals surface area contributed by atoms with Gasteiger partial charge in [0.05, 0.1) is 0 Å². The summed E-state index contributed by atoms with van der Waals surface area (Å²) in [7, 11) is 0. The molecule has 0 radical (unpaired) electrons. The lowest BCUT2D eigenvalue weighted by Crippen LogP contribution is -2.12. The zero-order valence-corrected chi connectivity index (χ0v) is 10.4. The van der Waals surface area contributed by atoms with Crippen molar-refractivity contribution in [1.29, 1.82) is 0 Å². The number of anilines is 1. The van der Waals surface area contributed by atoms with Gasteiger partial charge in [0, 0.05) is 5.69 Å². The molecule has 0 aliphatic carbocycles. The minimum absolute atomic E-state index is 0.0219. The molecule has 1 heterocycles. The second-order valence-corrected chi connectivity index (χ2v) is 4.58. The van der Waals surface area contributed by atoms with Crippen LogP contribution in [0.3, 0.4) is 0 Å². The first-order chi connectivity index (χ1) is 7.88. The fraction of sp³-hybridized carbons (Fsp3) is 0.500. The highest BCUT2D eigenvalue weighted by molar-refractivity contribution is 5.95. The second kappa shape index (κ2) is 5.14. The van der Waals surface area contributed by atoms with Gasteiger partial charge in [0.15, 0.2) is 0 Å². The van der Waals surface area contributed by atoms with Gasteiger partial charge in [0.1, 0.15) is 11.4 Å². The summed E-state index contributed by atoms with van der Waals surface area (Å²) in [6.07, 6.45) is 0. The number of hydrogen-bond donors (Lipinski definition) is 2. The van der Waals surface area contributed by atoms with E-state index in [4.69, 9.17) is 5.11 Å². The van der Waals surface area contributed by atoms with Crippen LogP contribution >= 0.6 is 0 Å². The Bertz CT molecular complexity index is 428. The third-order valence-corrected chi connectivity index (χ3v) is 2.59. The molecule has 5 heteroatoms. The second-order valence-electron chi connectivity index (χ2n) is 4.58. The van der Waals surface area contributed by atoms with Crippen molar-refractivity contribution >= 4 is 11.8 Å². The lowest BCUT2D eigenvalue weighted by atomic mass is 9.95. The predicted molar refractivity (Wildman–Crippen MR) is 66.4 cm³/mol. The van der Waals surface area contributed by atoms with Crippen molar-refractivity contribution in [3.05, 3.63) is 28.1 Å². The van der Waals surface area contributed by atoms with Crippen LogP contribution in [0.5, 0.6) is 0 Å². The summed E-state index contributed by atoms with van der Waals surface area (Å²) in [6.45, 7) is 7.67. The molecule has 1 aromatic rings. The lowest BCUT2D eigenvalue weighted by molar-refractivity contribution is 0.0696. The number of nitrogens with one attached hydrogen (secondary N) is 1. The quantitative estimate of drug-likeness (QED) is 0.786. The van der Waals surface area contributed by atoms with Gasteiger partial charge in [-0.15, -0.1) is 0 Å². The Morgan fingerprint density at radius 2 is 1.94 bits per heavy atom. The summed E-state index contributed by atoms with van der Waals surface area (Å²) >= 11 is 0. The summed E-state index contributed by atoms with van der Waals surface area (Å²) in [4.78, 5) is 15.2. The van der Waals surface area contributed by atoms with E-state index >= 15 is 0 Å². The lowest BCUT2D eigenvalue weighted by Gasteiger charge is -2.19. The van der Waals surface area contributed by atoms with Gasteiger partial charge in [-0.1, -0.05) is 27.7 Å². The number of aromatic carboxylic acids is 1. The number of rotatable bonds is 4. The van der Waals surface area contributed by atoms with E-state index in [1.807, 2.05) is 27.7 Å². The number of pyridine rings is 1. The number of nitrogens with zero attached hydrogens (tertiary/aromatic N) is 1. The summed E-state index contributed by atoms with van der Waals surface area (Å²) in [5.41, 5.74) is 2.95. The van der Waals surface area contributed by atoms with Crippen molar-refractivity contribution in [1.82, 2.24) is 4.98 Å². The van der Waals surface area contributed by atoms with Crippen molar-refractivity contribution in [2.24, 2.45) is 0 Å². The topological polar surface area (TPSA) is 85.3 Å². The molecular weight excluding hydrogens is 220 g/mol. The molecule has 0 aliphatic rings. The van der Waals surface area contributed by atoms with Gasteiger partial charge in [-0.2, -0.15) is 0 Å². The van der Waals surface area contributed by atoms with Crippen LogP contribution in [0.1, 0.15) is 61.1 Å². The van der Waals surface area contributed by atoms with Gasteiger partial charge in [0.2, 0.25) is 0 Å². The summed E-state index contributed by atoms with van der Waals surface area (Å²) < 4.78 is 0. The van der Waals surface area contributed by atoms with Crippen LogP contribution in [0.25, 0.3) is 0 Å². The van der Waals surface area contributed by atoms with Gasteiger partial charge in [-0.3, -0.25) is 0 Å². The van der Waals surface area contributed by atoms with Crippen LogP contribution < -0.4 is 5.48 Å². The zero-order chi connectivity index (χ0) is 13.2. The average molecular weight is 237 g/mol. The van der Waals surface area contributed by atoms with Gasteiger partial charge < -0.3 is 15.8 Å². The Labute approximate surface area is 100 Å². The molecule has 0 aromatic carbocycles. The normalized spacial score (nSPS) is 11.0. The molecule has 5 nitrogen and oxygen atoms in total. The van der Waals surface area contributed by atoms with E-state index in [0.717, 1.165) is 5.69 Å². The molecule has 0 amide bonds. The maximum absolute atomic E-state index is 11.2. The Kier molecular flexibility index (Phi) is 4.07. The Morgan fingerprint density at radius 1 is 1.35 bits per heavy atom. The fourth-order valence-electron chi connectivity index (χ4n) is 1.64. The van der Waals surface area contributed by atoms with Crippen molar-refractivity contribution in [2.75, 3.05) is 5.48 Å². The molecule has 0 saturated carbocycles. The van der Waals surface area contributed by atoms with Gasteiger partial charge in [-0.05, 0) is 23.5 Å². The SMILES string of the molecule is CC(C)c1cc(C(C)C)c(C(=O)O)c(N[O-])n1. The van der Waals surface area contributed by atoms with Crippen molar-refractivity contribution < 1.29 is 9.90 Å². The molecule has 17 heavy (non-hydrogen) atoms.